The zero-order valence-corrected chi connectivity index (χ0v) is 37.4. The van der Waals surface area contributed by atoms with Crippen LogP contribution in [0.4, 0.5) is 17.1 Å². The monoisotopic (exact) mass is 870 g/mol. The summed E-state index contributed by atoms with van der Waals surface area (Å²) >= 11 is 1.86. The zero-order valence-electron chi connectivity index (χ0n) is 36.6. The van der Waals surface area contributed by atoms with Crippen LogP contribution in [0.2, 0.25) is 0 Å². The Morgan fingerprint density at radius 1 is 0.284 bits per heavy atom. The molecule has 0 aliphatic heterocycles. The van der Waals surface area contributed by atoms with E-state index < -0.39 is 0 Å². The topological polar surface area (TPSA) is 8.17 Å². The van der Waals surface area contributed by atoms with Gasteiger partial charge in [-0.3, -0.25) is 0 Å². The fourth-order valence-corrected chi connectivity index (χ4v) is 11.2. The number of nitrogens with zero attached hydrogens (tertiary/aromatic N) is 2. The molecular formula is C64H42N2S. The minimum atomic E-state index is 1.10. The molecule has 0 amide bonds. The molecule has 0 fully saturated rings. The van der Waals surface area contributed by atoms with Crippen LogP contribution in [-0.4, -0.2) is 4.57 Å². The van der Waals surface area contributed by atoms with Gasteiger partial charge in [-0.1, -0.05) is 182 Å². The molecule has 0 spiro atoms. The maximum atomic E-state index is 2.41. The van der Waals surface area contributed by atoms with Crippen molar-refractivity contribution in [1.29, 1.82) is 0 Å². The predicted molar refractivity (Wildman–Crippen MR) is 288 cm³/mol. The van der Waals surface area contributed by atoms with E-state index in [0.29, 0.717) is 0 Å². The van der Waals surface area contributed by atoms with Gasteiger partial charge in [-0.2, -0.15) is 0 Å². The predicted octanol–water partition coefficient (Wildman–Crippen LogP) is 18.4. The van der Waals surface area contributed by atoms with Crippen LogP contribution in [-0.2, 0) is 0 Å². The zero-order chi connectivity index (χ0) is 44.3. The van der Waals surface area contributed by atoms with E-state index in [4.69, 9.17) is 0 Å². The van der Waals surface area contributed by atoms with E-state index in [1.807, 2.05) is 11.3 Å². The molecule has 2 nitrogen and oxygen atoms in total. The average molecular weight is 871 g/mol. The fraction of sp³-hybridized carbons (Fsp3) is 0. The second-order valence-electron chi connectivity index (χ2n) is 17.3. The van der Waals surface area contributed by atoms with Crippen molar-refractivity contribution in [2.24, 2.45) is 0 Å². The molecule has 0 aliphatic carbocycles. The number of benzene rings is 11. The molecule has 0 saturated heterocycles. The van der Waals surface area contributed by atoms with Gasteiger partial charge >= 0.3 is 0 Å². The maximum Gasteiger partial charge on any atom is 0.0541 e. The van der Waals surface area contributed by atoms with E-state index in [2.05, 4.69) is 264 Å². The third kappa shape index (κ3) is 6.88. The van der Waals surface area contributed by atoms with Crippen LogP contribution in [0.25, 0.3) is 103 Å². The SMILES string of the molecule is c1cc(-c2ccc(N(c3ccc(-c4ccc(-c5ccccc5-n5c6ccccc6c6ccccc65)cc4)cc3)c3ccc4c(c3)sc3ccccc34)cc2)cc(-c2ccc3ccccc3c2)c1. The standard InChI is InChI=1S/C64H42N2S/c1-2-13-48-41-51(29-26-43(48)12-1)50-15-11-14-49(40-50)46-32-36-53(37-33-46)65(54-38-39-59-58-19-6-10-23-63(58)67-64(59)42-54)52-34-30-45(31-35-52)44-24-27-47(28-25-44)55-16-3-7-20-60(55)66-61-21-8-4-17-56(61)57-18-5-9-22-62(57)66/h1-42H. The van der Waals surface area contributed by atoms with Crippen molar-refractivity contribution in [3.63, 3.8) is 0 Å². The first-order chi connectivity index (χ1) is 33.2. The number of hydrogen-bond donors (Lipinski definition) is 0. The van der Waals surface area contributed by atoms with Crippen LogP contribution in [0.15, 0.2) is 255 Å². The van der Waals surface area contributed by atoms with Gasteiger partial charge in [0.2, 0.25) is 0 Å². The number of hydrogen-bond acceptors (Lipinski definition) is 2. The summed E-state index contributed by atoms with van der Waals surface area (Å²) < 4.78 is 5.00. The Hall–Kier alpha value is -8.50. The molecule has 67 heavy (non-hydrogen) atoms. The summed E-state index contributed by atoms with van der Waals surface area (Å²) in [7, 11) is 0. The molecule has 13 aromatic rings. The van der Waals surface area contributed by atoms with Crippen molar-refractivity contribution in [3.05, 3.63) is 255 Å². The van der Waals surface area contributed by atoms with Gasteiger partial charge < -0.3 is 9.47 Å². The van der Waals surface area contributed by atoms with Crippen LogP contribution in [0.5, 0.6) is 0 Å². The molecule has 2 heterocycles. The highest BCUT2D eigenvalue weighted by Gasteiger charge is 2.18. The summed E-state index contributed by atoms with van der Waals surface area (Å²) in [6, 6.07) is 93.1. The van der Waals surface area contributed by atoms with Crippen LogP contribution in [0, 0.1) is 0 Å². The molecule has 13 rings (SSSR count). The molecule has 0 aliphatic rings. The van der Waals surface area contributed by atoms with E-state index >= 15 is 0 Å². The van der Waals surface area contributed by atoms with E-state index in [1.165, 1.54) is 103 Å². The van der Waals surface area contributed by atoms with E-state index in [1.54, 1.807) is 0 Å². The first kappa shape index (κ1) is 38.9. The van der Waals surface area contributed by atoms with E-state index in [9.17, 15) is 0 Å². The smallest absolute Gasteiger partial charge is 0.0541 e. The minimum absolute atomic E-state index is 1.10. The lowest BCUT2D eigenvalue weighted by Crippen LogP contribution is -2.09. The lowest BCUT2D eigenvalue weighted by Gasteiger charge is -2.26. The van der Waals surface area contributed by atoms with Crippen molar-refractivity contribution in [3.8, 4) is 50.2 Å². The summed E-state index contributed by atoms with van der Waals surface area (Å²) in [4.78, 5) is 2.39. The second kappa shape index (κ2) is 16.2. The summed E-state index contributed by atoms with van der Waals surface area (Å²) in [5.74, 6) is 0. The Morgan fingerprint density at radius 2 is 0.776 bits per heavy atom. The van der Waals surface area contributed by atoms with Crippen molar-refractivity contribution < 1.29 is 0 Å². The average Bonchev–Trinajstić information content (AvgIpc) is 3.94. The van der Waals surface area contributed by atoms with Crippen molar-refractivity contribution in [1.82, 2.24) is 4.57 Å². The summed E-state index contributed by atoms with van der Waals surface area (Å²) in [6.45, 7) is 0. The molecule has 2 aromatic heterocycles. The van der Waals surface area contributed by atoms with Gasteiger partial charge in [0.1, 0.15) is 0 Å². The highest BCUT2D eigenvalue weighted by molar-refractivity contribution is 7.25. The first-order valence-corrected chi connectivity index (χ1v) is 23.7. The number of anilines is 3. The molecule has 11 aromatic carbocycles. The molecule has 0 saturated carbocycles. The largest absolute Gasteiger partial charge is 0.310 e. The van der Waals surface area contributed by atoms with Crippen LogP contribution < -0.4 is 4.90 Å². The minimum Gasteiger partial charge on any atom is -0.310 e. The Kier molecular flexibility index (Phi) is 9.40. The van der Waals surface area contributed by atoms with Gasteiger partial charge in [0.25, 0.3) is 0 Å². The Balaban J connectivity index is 0.839. The summed E-state index contributed by atoms with van der Waals surface area (Å²) in [5.41, 5.74) is 16.5. The molecule has 0 N–H and O–H groups in total. The summed E-state index contributed by atoms with van der Waals surface area (Å²) in [5, 5.41) is 7.64. The van der Waals surface area contributed by atoms with E-state index in [-0.39, 0.29) is 0 Å². The third-order valence-corrected chi connectivity index (χ3v) is 14.5. The number of para-hydroxylation sites is 3. The molecule has 0 bridgehead atoms. The highest BCUT2D eigenvalue weighted by atomic mass is 32.1. The van der Waals surface area contributed by atoms with Gasteiger partial charge in [0.15, 0.2) is 0 Å². The van der Waals surface area contributed by atoms with Gasteiger partial charge in [-0.15, -0.1) is 11.3 Å². The van der Waals surface area contributed by atoms with Crippen LogP contribution in [0.1, 0.15) is 0 Å². The van der Waals surface area contributed by atoms with Crippen molar-refractivity contribution in [2.75, 3.05) is 4.90 Å². The van der Waals surface area contributed by atoms with Crippen LogP contribution >= 0.6 is 11.3 Å². The Labute approximate surface area is 393 Å². The summed E-state index contributed by atoms with van der Waals surface area (Å²) in [6.07, 6.45) is 0. The molecule has 0 radical (unpaired) electrons. The lowest BCUT2D eigenvalue weighted by atomic mass is 9.97. The third-order valence-electron chi connectivity index (χ3n) is 13.4. The number of aromatic nitrogens is 1. The first-order valence-electron chi connectivity index (χ1n) is 22.9. The Morgan fingerprint density at radius 3 is 1.49 bits per heavy atom. The molecule has 3 heteroatoms. The molecular weight excluding hydrogens is 829 g/mol. The normalized spacial score (nSPS) is 11.6. The fourth-order valence-electron chi connectivity index (χ4n) is 10.1. The number of rotatable bonds is 8. The molecule has 0 atom stereocenters. The number of fused-ring (bicyclic) bond motifs is 7. The Bertz CT molecular complexity index is 3920. The van der Waals surface area contributed by atoms with Crippen molar-refractivity contribution >= 4 is 81.1 Å². The van der Waals surface area contributed by atoms with Crippen LogP contribution in [0.3, 0.4) is 0 Å². The molecule has 0 unspecified atom stereocenters. The lowest BCUT2D eigenvalue weighted by molar-refractivity contribution is 1.18. The quantitative estimate of drug-likeness (QED) is 0.148. The van der Waals surface area contributed by atoms with Crippen molar-refractivity contribution in [2.45, 2.75) is 0 Å². The van der Waals surface area contributed by atoms with Gasteiger partial charge in [-0.25, -0.2) is 0 Å². The number of thiophene rings is 1. The van der Waals surface area contributed by atoms with Gasteiger partial charge in [0.05, 0.1) is 16.7 Å². The van der Waals surface area contributed by atoms with Gasteiger partial charge in [0, 0.05) is 53.6 Å². The van der Waals surface area contributed by atoms with E-state index in [0.717, 1.165) is 17.1 Å². The highest BCUT2D eigenvalue weighted by Crippen LogP contribution is 2.42. The molecule has 314 valence electrons. The maximum absolute atomic E-state index is 2.41. The van der Waals surface area contributed by atoms with Gasteiger partial charge in [-0.05, 0) is 123 Å². The second-order valence-corrected chi connectivity index (χ2v) is 18.4.